The number of hydrogen-bond donors (Lipinski definition) is 2. The van der Waals surface area contributed by atoms with E-state index in [1.165, 1.54) is 12.3 Å². The predicted octanol–water partition coefficient (Wildman–Crippen LogP) is 5.00. The van der Waals surface area contributed by atoms with Crippen molar-refractivity contribution in [2.24, 2.45) is 4.74 Å². The normalized spacial score (nSPS) is 11.9. The monoisotopic (exact) mass is 574 g/mol. The summed E-state index contributed by atoms with van der Waals surface area (Å²) in [5, 5.41) is 19.8. The zero-order chi connectivity index (χ0) is 29.2. The molecule has 0 aliphatic carbocycles. The molecule has 4 aromatic rings. The number of aryl methyl sites for hydroxylation is 1. The van der Waals surface area contributed by atoms with Crippen LogP contribution in [0.3, 0.4) is 0 Å². The molecule has 2 atom stereocenters. The Morgan fingerprint density at radius 3 is 2.34 bits per heavy atom. The number of carboxylic acids is 1. The number of pyridine rings is 1. The van der Waals surface area contributed by atoms with Gasteiger partial charge < -0.3 is 24.6 Å². The number of aromatic nitrogens is 1. The molecule has 0 saturated heterocycles. The Balaban J connectivity index is 1.40. The van der Waals surface area contributed by atoms with E-state index in [9.17, 15) is 24.7 Å². The van der Waals surface area contributed by atoms with E-state index in [2.05, 4.69) is 9.73 Å². The van der Waals surface area contributed by atoms with Crippen molar-refractivity contribution in [3.63, 3.8) is 0 Å². The summed E-state index contributed by atoms with van der Waals surface area (Å²) in [5.74, 6) is -0.607. The number of ether oxygens (including phenoxy) is 2. The zero-order valence-corrected chi connectivity index (χ0v) is 22.9. The van der Waals surface area contributed by atoms with E-state index in [-0.39, 0.29) is 35.8 Å². The quantitative estimate of drug-likeness (QED) is 0.166. The summed E-state index contributed by atoms with van der Waals surface area (Å²) in [6.07, 6.45) is 1.92. The lowest BCUT2D eigenvalue weighted by Crippen LogP contribution is -2.21. The molecule has 2 N–H and O–H groups in total. The standard InChI is InChI=1S/C30H27N2O8P/c1-20-29(34)25(17-33)23(16-31-20)19-39-27-9-5-6-10-28(27)40-41(37)32-26(30(35)36)15-21-11-13-24(14-12-21)38-18-22-7-3-2-4-8-22/h2-14,16-17,26,34H,15,18-19H2,1H3,(H,35,36). The molecule has 3 aromatic carbocycles. The summed E-state index contributed by atoms with van der Waals surface area (Å²) in [6, 6.07) is 21.6. The lowest BCUT2D eigenvalue weighted by atomic mass is 10.1. The van der Waals surface area contributed by atoms with Crippen molar-refractivity contribution in [2.45, 2.75) is 32.6 Å². The van der Waals surface area contributed by atoms with Crippen LogP contribution in [0.15, 0.2) is 89.8 Å². The topological polar surface area (TPSA) is 151 Å². The molecule has 0 bridgehead atoms. The summed E-state index contributed by atoms with van der Waals surface area (Å²) in [4.78, 5) is 40.1. The van der Waals surface area contributed by atoms with Gasteiger partial charge in [-0.15, -0.1) is 0 Å². The van der Waals surface area contributed by atoms with Gasteiger partial charge in [0.2, 0.25) is 5.75 Å². The van der Waals surface area contributed by atoms with Gasteiger partial charge in [-0.1, -0.05) is 59.3 Å². The Labute approximate surface area is 237 Å². The fourth-order valence-electron chi connectivity index (χ4n) is 3.78. The van der Waals surface area contributed by atoms with E-state index in [0.29, 0.717) is 35.5 Å². The molecular weight excluding hydrogens is 547 g/mol. The van der Waals surface area contributed by atoms with E-state index in [1.807, 2.05) is 30.3 Å². The number of carbonyl (C=O) groups excluding carboxylic acids is 1. The second-order valence-electron chi connectivity index (χ2n) is 8.91. The van der Waals surface area contributed by atoms with Gasteiger partial charge in [-0.2, -0.15) is 0 Å². The molecule has 41 heavy (non-hydrogen) atoms. The Morgan fingerprint density at radius 2 is 1.66 bits per heavy atom. The van der Waals surface area contributed by atoms with Crippen LogP contribution in [-0.2, 0) is 24.4 Å². The maximum absolute atomic E-state index is 12.7. The maximum Gasteiger partial charge on any atom is 0.395 e. The van der Waals surface area contributed by atoms with E-state index in [4.69, 9.17) is 14.0 Å². The SMILES string of the molecule is Cc1ncc(COc2ccccc2O[P+]([O-])=NC(Cc2ccc(OCc3ccccc3)cc2)C(=O)O)c(C=O)c1O. The summed E-state index contributed by atoms with van der Waals surface area (Å²) < 4.78 is 20.8. The molecule has 0 radical (unpaired) electrons. The first-order valence-electron chi connectivity index (χ1n) is 12.5. The molecule has 0 spiro atoms. The number of aromatic hydroxyl groups is 1. The van der Waals surface area contributed by atoms with Crippen LogP contribution in [0.25, 0.3) is 0 Å². The van der Waals surface area contributed by atoms with E-state index in [0.717, 1.165) is 5.56 Å². The van der Waals surface area contributed by atoms with Crippen LogP contribution in [-0.4, -0.2) is 33.5 Å². The summed E-state index contributed by atoms with van der Waals surface area (Å²) in [5.41, 5.74) is 2.39. The van der Waals surface area contributed by atoms with Crippen LogP contribution in [0, 0.1) is 6.92 Å². The van der Waals surface area contributed by atoms with Gasteiger partial charge in [0, 0.05) is 18.2 Å². The summed E-state index contributed by atoms with van der Waals surface area (Å²) in [7, 11) is -2.78. The highest BCUT2D eigenvalue weighted by Crippen LogP contribution is 2.34. The first kappa shape index (κ1) is 29.2. The van der Waals surface area contributed by atoms with Crippen molar-refractivity contribution in [2.75, 3.05) is 0 Å². The van der Waals surface area contributed by atoms with Gasteiger partial charge in [0.25, 0.3) is 0 Å². The zero-order valence-electron chi connectivity index (χ0n) is 22.0. The number of nitrogens with zero attached hydrogens (tertiary/aromatic N) is 2. The maximum atomic E-state index is 12.7. The molecule has 0 saturated carbocycles. The Bertz CT molecular complexity index is 1530. The van der Waals surface area contributed by atoms with Gasteiger partial charge in [-0.05, 0) is 42.3 Å². The van der Waals surface area contributed by atoms with Crippen molar-refractivity contribution in [1.29, 1.82) is 0 Å². The molecule has 0 aliphatic heterocycles. The molecule has 0 fully saturated rings. The number of carboxylic acid groups (broad SMARTS) is 1. The second-order valence-corrected chi connectivity index (χ2v) is 9.79. The van der Waals surface area contributed by atoms with Crippen LogP contribution in [0.5, 0.6) is 23.0 Å². The molecule has 210 valence electrons. The lowest BCUT2D eigenvalue weighted by Gasteiger charge is -2.12. The number of rotatable bonds is 13. The number of para-hydroxylation sites is 2. The molecule has 1 heterocycles. The highest BCUT2D eigenvalue weighted by molar-refractivity contribution is 7.34. The lowest BCUT2D eigenvalue weighted by molar-refractivity contribution is -0.169. The highest BCUT2D eigenvalue weighted by Gasteiger charge is 2.23. The Hall–Kier alpha value is -4.79. The molecule has 10 nitrogen and oxygen atoms in total. The summed E-state index contributed by atoms with van der Waals surface area (Å²) in [6.45, 7) is 1.84. The largest absolute Gasteiger partial charge is 0.575 e. The Morgan fingerprint density at radius 1 is 0.976 bits per heavy atom. The van der Waals surface area contributed by atoms with Crippen molar-refractivity contribution in [1.82, 2.24) is 4.98 Å². The van der Waals surface area contributed by atoms with Crippen molar-refractivity contribution in [3.8, 4) is 23.0 Å². The van der Waals surface area contributed by atoms with Gasteiger partial charge in [0.15, 0.2) is 18.1 Å². The van der Waals surface area contributed by atoms with Crippen molar-refractivity contribution >= 4 is 20.4 Å². The fourth-order valence-corrected chi connectivity index (χ4v) is 4.56. The van der Waals surface area contributed by atoms with Gasteiger partial charge in [-0.3, -0.25) is 14.3 Å². The number of hydrogen-bond acceptors (Lipinski definition) is 9. The summed E-state index contributed by atoms with van der Waals surface area (Å²) >= 11 is 0. The van der Waals surface area contributed by atoms with Crippen molar-refractivity contribution < 1.29 is 38.7 Å². The molecule has 4 rings (SSSR count). The number of aldehydes is 1. The third-order valence-electron chi connectivity index (χ3n) is 6.00. The van der Waals surface area contributed by atoms with E-state index >= 15 is 0 Å². The van der Waals surface area contributed by atoms with E-state index < -0.39 is 20.2 Å². The molecule has 11 heteroatoms. The smallest absolute Gasteiger partial charge is 0.395 e. The van der Waals surface area contributed by atoms with Gasteiger partial charge in [0.1, 0.15) is 24.7 Å². The molecule has 1 aromatic heterocycles. The third-order valence-corrected chi connectivity index (χ3v) is 6.82. The number of carbonyl (C=O) groups is 2. The average molecular weight is 575 g/mol. The first-order valence-corrected chi connectivity index (χ1v) is 13.7. The van der Waals surface area contributed by atoms with Gasteiger partial charge >= 0.3 is 14.1 Å². The fraction of sp³-hybridized carbons (Fsp3) is 0.167. The number of aliphatic carboxylic acids is 1. The molecule has 0 aliphatic rings. The van der Waals surface area contributed by atoms with Crippen LogP contribution in [0.4, 0.5) is 0 Å². The molecular formula is C30H27N2O8P. The van der Waals surface area contributed by atoms with Crippen LogP contribution < -0.4 is 18.9 Å². The number of benzene rings is 3. The first-order chi connectivity index (χ1) is 19.8. The third kappa shape index (κ3) is 8.11. The Kier molecular flexibility index (Phi) is 9.99. The second kappa shape index (κ2) is 14.0. The predicted molar refractivity (Wildman–Crippen MR) is 149 cm³/mol. The van der Waals surface area contributed by atoms with Crippen LogP contribution in [0.1, 0.15) is 32.7 Å². The average Bonchev–Trinajstić information content (AvgIpc) is 2.98. The molecule has 2 unspecified atom stereocenters. The van der Waals surface area contributed by atoms with Crippen LogP contribution >= 0.6 is 8.17 Å². The molecule has 0 amide bonds. The van der Waals surface area contributed by atoms with Gasteiger partial charge in [-0.25, -0.2) is 4.79 Å². The highest BCUT2D eigenvalue weighted by atomic mass is 31.1. The van der Waals surface area contributed by atoms with Gasteiger partial charge in [0.05, 0.1) is 11.3 Å². The van der Waals surface area contributed by atoms with Crippen LogP contribution in [0.2, 0.25) is 0 Å². The van der Waals surface area contributed by atoms with Crippen molar-refractivity contribution in [3.05, 3.63) is 113 Å². The minimum atomic E-state index is -2.78. The minimum absolute atomic E-state index is 0.00469. The van der Waals surface area contributed by atoms with E-state index in [1.54, 1.807) is 49.4 Å². The minimum Gasteiger partial charge on any atom is -0.575 e.